The highest BCUT2D eigenvalue weighted by molar-refractivity contribution is 14.1. The third kappa shape index (κ3) is 4.07. The van der Waals surface area contributed by atoms with Crippen molar-refractivity contribution in [3.8, 4) is 5.75 Å². The topological polar surface area (TPSA) is 46.6 Å². The monoisotopic (exact) mass is 465 g/mol. The van der Waals surface area contributed by atoms with E-state index in [1.165, 1.54) is 4.90 Å². The minimum atomic E-state index is -0.249. The maximum Gasteiger partial charge on any atom is 0.293 e. The molecule has 0 aliphatic carbocycles. The molecule has 0 N–H and O–H groups in total. The maximum atomic E-state index is 12.6. The SMILES string of the molecule is COc1ccc(/C=C2\SC(=O)N(Cc3ccc(C)cc3)C2=O)cc1I. The van der Waals surface area contributed by atoms with Gasteiger partial charge < -0.3 is 4.74 Å². The lowest BCUT2D eigenvalue weighted by Gasteiger charge is -2.12. The Morgan fingerprint density at radius 1 is 1.16 bits per heavy atom. The van der Waals surface area contributed by atoms with E-state index in [1.807, 2.05) is 49.4 Å². The van der Waals surface area contributed by atoms with Gasteiger partial charge in [-0.25, -0.2) is 0 Å². The summed E-state index contributed by atoms with van der Waals surface area (Å²) in [6, 6.07) is 13.5. The average Bonchev–Trinajstić information content (AvgIpc) is 2.84. The Kier molecular flexibility index (Phi) is 5.48. The van der Waals surface area contributed by atoms with Crippen molar-refractivity contribution < 1.29 is 14.3 Å². The quantitative estimate of drug-likeness (QED) is 0.479. The lowest BCUT2D eigenvalue weighted by Crippen LogP contribution is -2.27. The molecular formula is C19H16INO3S. The molecule has 0 aromatic heterocycles. The number of aryl methyl sites for hydroxylation is 1. The van der Waals surface area contributed by atoms with Crippen LogP contribution >= 0.6 is 34.4 Å². The number of amides is 2. The second-order valence-electron chi connectivity index (χ2n) is 5.65. The molecule has 0 saturated carbocycles. The van der Waals surface area contributed by atoms with Crippen molar-refractivity contribution in [2.75, 3.05) is 7.11 Å². The summed E-state index contributed by atoms with van der Waals surface area (Å²) in [5, 5.41) is -0.236. The molecule has 0 bridgehead atoms. The molecule has 1 aliphatic rings. The summed E-state index contributed by atoms with van der Waals surface area (Å²) in [6.45, 7) is 2.30. The molecule has 0 atom stereocenters. The average molecular weight is 465 g/mol. The number of rotatable bonds is 4. The van der Waals surface area contributed by atoms with Gasteiger partial charge in [0, 0.05) is 0 Å². The molecule has 128 valence electrons. The van der Waals surface area contributed by atoms with Crippen LogP contribution in [-0.2, 0) is 11.3 Å². The van der Waals surface area contributed by atoms with Gasteiger partial charge in [-0.2, -0.15) is 0 Å². The fraction of sp³-hybridized carbons (Fsp3) is 0.158. The van der Waals surface area contributed by atoms with Crippen molar-refractivity contribution in [2.45, 2.75) is 13.5 Å². The molecule has 25 heavy (non-hydrogen) atoms. The van der Waals surface area contributed by atoms with Gasteiger partial charge in [0.1, 0.15) is 5.75 Å². The molecule has 0 spiro atoms. The van der Waals surface area contributed by atoms with E-state index in [0.717, 1.165) is 37.8 Å². The van der Waals surface area contributed by atoms with Gasteiger partial charge in [-0.3, -0.25) is 14.5 Å². The van der Waals surface area contributed by atoms with E-state index in [-0.39, 0.29) is 11.1 Å². The largest absolute Gasteiger partial charge is 0.496 e. The number of hydrogen-bond donors (Lipinski definition) is 0. The number of halogens is 1. The Balaban J connectivity index is 1.80. The summed E-state index contributed by atoms with van der Waals surface area (Å²) in [5.74, 6) is 0.534. The van der Waals surface area contributed by atoms with E-state index >= 15 is 0 Å². The number of thioether (sulfide) groups is 1. The second-order valence-corrected chi connectivity index (χ2v) is 7.80. The van der Waals surface area contributed by atoms with Crippen molar-refractivity contribution in [3.05, 3.63) is 67.6 Å². The van der Waals surface area contributed by atoms with Crippen LogP contribution in [-0.4, -0.2) is 23.2 Å². The fourth-order valence-corrected chi connectivity index (χ4v) is 4.03. The molecular weight excluding hydrogens is 449 g/mol. The molecule has 0 unspecified atom stereocenters. The van der Waals surface area contributed by atoms with Crippen LogP contribution < -0.4 is 4.74 Å². The first-order chi connectivity index (χ1) is 12.0. The van der Waals surface area contributed by atoms with E-state index in [1.54, 1.807) is 13.2 Å². The highest BCUT2D eigenvalue weighted by atomic mass is 127. The maximum absolute atomic E-state index is 12.6. The Hall–Kier alpha value is -1.80. The second kappa shape index (κ2) is 7.61. The van der Waals surface area contributed by atoms with Gasteiger partial charge in [-0.1, -0.05) is 35.9 Å². The van der Waals surface area contributed by atoms with E-state index in [0.29, 0.717) is 11.4 Å². The van der Waals surface area contributed by atoms with Crippen LogP contribution in [0.25, 0.3) is 6.08 Å². The number of carbonyl (C=O) groups is 2. The molecule has 1 heterocycles. The van der Waals surface area contributed by atoms with Crippen LogP contribution in [0.1, 0.15) is 16.7 Å². The molecule has 2 aromatic rings. The van der Waals surface area contributed by atoms with E-state index in [9.17, 15) is 9.59 Å². The van der Waals surface area contributed by atoms with Gasteiger partial charge in [-0.15, -0.1) is 0 Å². The summed E-state index contributed by atoms with van der Waals surface area (Å²) in [7, 11) is 1.62. The summed E-state index contributed by atoms with van der Waals surface area (Å²) < 4.78 is 6.19. The van der Waals surface area contributed by atoms with Gasteiger partial charge >= 0.3 is 0 Å². The van der Waals surface area contributed by atoms with E-state index < -0.39 is 0 Å². The molecule has 0 radical (unpaired) electrons. The lowest BCUT2D eigenvalue weighted by atomic mass is 10.1. The highest BCUT2D eigenvalue weighted by Gasteiger charge is 2.34. The van der Waals surface area contributed by atoms with Crippen molar-refractivity contribution in [1.82, 2.24) is 4.90 Å². The van der Waals surface area contributed by atoms with E-state index in [4.69, 9.17) is 4.74 Å². The highest BCUT2D eigenvalue weighted by Crippen LogP contribution is 2.34. The minimum Gasteiger partial charge on any atom is -0.496 e. The molecule has 1 fully saturated rings. The van der Waals surface area contributed by atoms with Crippen molar-refractivity contribution in [3.63, 3.8) is 0 Å². The molecule has 1 saturated heterocycles. The molecule has 4 nitrogen and oxygen atoms in total. The first-order valence-corrected chi connectivity index (χ1v) is 9.52. The van der Waals surface area contributed by atoms with Crippen LogP contribution in [0.5, 0.6) is 5.75 Å². The zero-order chi connectivity index (χ0) is 18.0. The molecule has 6 heteroatoms. The zero-order valence-corrected chi connectivity index (χ0v) is 16.8. The lowest BCUT2D eigenvalue weighted by molar-refractivity contribution is -0.123. The summed E-state index contributed by atoms with van der Waals surface area (Å²) in [6.07, 6.45) is 1.75. The Bertz CT molecular complexity index is 861. The Labute approximate surface area is 164 Å². The number of imide groups is 1. The fourth-order valence-electron chi connectivity index (χ4n) is 2.44. The minimum absolute atomic E-state index is 0.236. The molecule has 3 rings (SSSR count). The van der Waals surface area contributed by atoms with Crippen LogP contribution in [0.15, 0.2) is 47.4 Å². The number of benzene rings is 2. The van der Waals surface area contributed by atoms with Crippen LogP contribution in [0.3, 0.4) is 0 Å². The summed E-state index contributed by atoms with van der Waals surface area (Å²) in [5.41, 5.74) is 2.95. The van der Waals surface area contributed by atoms with E-state index in [2.05, 4.69) is 22.6 Å². The Morgan fingerprint density at radius 2 is 1.88 bits per heavy atom. The molecule has 1 aliphatic heterocycles. The number of ether oxygens (including phenoxy) is 1. The summed E-state index contributed by atoms with van der Waals surface area (Å²) >= 11 is 3.16. The van der Waals surface area contributed by atoms with Crippen LogP contribution in [0.2, 0.25) is 0 Å². The predicted molar refractivity (Wildman–Crippen MR) is 108 cm³/mol. The standard InChI is InChI=1S/C19H16INO3S/c1-12-3-5-13(6-4-12)11-21-18(22)17(25-19(21)23)10-14-7-8-16(24-2)15(20)9-14/h3-10H,11H2,1-2H3/b17-10-. The van der Waals surface area contributed by atoms with Gasteiger partial charge in [0.2, 0.25) is 0 Å². The first-order valence-electron chi connectivity index (χ1n) is 7.62. The smallest absolute Gasteiger partial charge is 0.293 e. The molecule has 2 aromatic carbocycles. The third-order valence-corrected chi connectivity index (χ3v) is 5.56. The van der Waals surface area contributed by atoms with Crippen LogP contribution in [0.4, 0.5) is 4.79 Å². The normalized spacial score (nSPS) is 16.0. The van der Waals surface area contributed by atoms with Crippen LogP contribution in [0, 0.1) is 10.5 Å². The third-order valence-electron chi connectivity index (χ3n) is 3.81. The number of carbonyl (C=O) groups excluding carboxylic acids is 2. The number of methoxy groups -OCH3 is 1. The zero-order valence-electron chi connectivity index (χ0n) is 13.8. The first kappa shape index (κ1) is 18.0. The van der Waals surface area contributed by atoms with Gasteiger partial charge in [0.25, 0.3) is 11.1 Å². The summed E-state index contributed by atoms with van der Waals surface area (Å²) in [4.78, 5) is 26.5. The number of nitrogens with zero attached hydrogens (tertiary/aromatic N) is 1. The van der Waals surface area contributed by atoms with Crippen molar-refractivity contribution >= 4 is 51.6 Å². The van der Waals surface area contributed by atoms with Crippen molar-refractivity contribution in [2.24, 2.45) is 0 Å². The van der Waals surface area contributed by atoms with Gasteiger partial charge in [0.05, 0.1) is 22.1 Å². The number of hydrogen-bond acceptors (Lipinski definition) is 4. The van der Waals surface area contributed by atoms with Crippen molar-refractivity contribution in [1.29, 1.82) is 0 Å². The Morgan fingerprint density at radius 3 is 2.52 bits per heavy atom. The molecule has 2 amide bonds. The van der Waals surface area contributed by atoms with Gasteiger partial charge in [-0.05, 0) is 70.6 Å². The predicted octanol–water partition coefficient (Wildman–Crippen LogP) is 4.84. The van der Waals surface area contributed by atoms with Gasteiger partial charge in [0.15, 0.2) is 0 Å².